The van der Waals surface area contributed by atoms with E-state index in [0.717, 1.165) is 6.42 Å². The number of nitrogens with zero attached hydrogens (tertiary/aromatic N) is 1. The molecule has 2 nitrogen and oxygen atoms in total. The van der Waals surface area contributed by atoms with Crippen molar-refractivity contribution in [2.45, 2.75) is 26.4 Å². The fraction of sp³-hybridized carbons (Fsp3) is 0.364. The van der Waals surface area contributed by atoms with E-state index in [-0.39, 0.29) is 11.7 Å². The number of rotatable bonds is 3. The quantitative estimate of drug-likeness (QED) is 0.739. The van der Waals surface area contributed by atoms with Crippen LogP contribution in [0.3, 0.4) is 0 Å². The lowest BCUT2D eigenvalue weighted by atomic mass is 10.2. The van der Waals surface area contributed by atoms with Crippen LogP contribution in [0.1, 0.15) is 25.8 Å². The van der Waals surface area contributed by atoms with E-state index in [1.807, 2.05) is 13.8 Å². The first-order valence-corrected chi connectivity index (χ1v) is 4.53. The largest absolute Gasteiger partial charge is 0.491 e. The number of hydrogen-bond acceptors (Lipinski definition) is 2. The average Bonchev–Trinajstić information content (AvgIpc) is 2.18. The number of ether oxygens (including phenoxy) is 1. The van der Waals surface area contributed by atoms with Gasteiger partial charge in [-0.2, -0.15) is 5.26 Å². The van der Waals surface area contributed by atoms with Crippen molar-refractivity contribution in [1.82, 2.24) is 0 Å². The van der Waals surface area contributed by atoms with Gasteiger partial charge >= 0.3 is 0 Å². The molecule has 0 aliphatic carbocycles. The Kier molecular flexibility index (Phi) is 3.47. The van der Waals surface area contributed by atoms with Gasteiger partial charge in [-0.1, -0.05) is 6.92 Å². The number of benzene rings is 1. The summed E-state index contributed by atoms with van der Waals surface area (Å²) >= 11 is 0. The minimum atomic E-state index is -0.534. The second-order valence-electron chi connectivity index (χ2n) is 3.09. The molecule has 0 radical (unpaired) electrons. The topological polar surface area (TPSA) is 33.0 Å². The van der Waals surface area contributed by atoms with Crippen LogP contribution in [0.15, 0.2) is 18.2 Å². The molecule has 0 fully saturated rings. The molecule has 0 amide bonds. The Labute approximate surface area is 82.9 Å². The number of hydrogen-bond donors (Lipinski definition) is 0. The first-order valence-electron chi connectivity index (χ1n) is 4.53. The highest BCUT2D eigenvalue weighted by molar-refractivity contribution is 5.36. The summed E-state index contributed by atoms with van der Waals surface area (Å²) in [6, 6.07) is 6.03. The van der Waals surface area contributed by atoms with Gasteiger partial charge in [-0.05, 0) is 25.5 Å². The molecule has 0 aliphatic rings. The van der Waals surface area contributed by atoms with E-state index in [1.165, 1.54) is 12.1 Å². The van der Waals surface area contributed by atoms with Crippen LogP contribution < -0.4 is 4.74 Å². The average molecular weight is 193 g/mol. The van der Waals surface area contributed by atoms with Crippen LogP contribution in [0.25, 0.3) is 0 Å². The van der Waals surface area contributed by atoms with E-state index in [9.17, 15) is 4.39 Å². The molecule has 0 saturated heterocycles. The van der Waals surface area contributed by atoms with Gasteiger partial charge in [-0.15, -0.1) is 0 Å². The number of nitriles is 1. The van der Waals surface area contributed by atoms with Crippen molar-refractivity contribution in [3.63, 3.8) is 0 Å². The lowest BCUT2D eigenvalue weighted by Gasteiger charge is -2.12. The third-order valence-corrected chi connectivity index (χ3v) is 1.97. The SMILES string of the molecule is CCC(C)Oc1ccc(C#N)c(F)c1. The summed E-state index contributed by atoms with van der Waals surface area (Å²) in [5.74, 6) is -0.0656. The van der Waals surface area contributed by atoms with Gasteiger partial charge < -0.3 is 4.74 Å². The van der Waals surface area contributed by atoms with Gasteiger partial charge in [-0.3, -0.25) is 0 Å². The Balaban J connectivity index is 2.82. The summed E-state index contributed by atoms with van der Waals surface area (Å²) < 4.78 is 18.5. The molecule has 1 atom stereocenters. The minimum absolute atomic E-state index is 0.0431. The van der Waals surface area contributed by atoms with Gasteiger partial charge in [0.2, 0.25) is 0 Å². The third kappa shape index (κ3) is 2.46. The zero-order valence-electron chi connectivity index (χ0n) is 8.25. The highest BCUT2D eigenvalue weighted by Crippen LogP contribution is 2.17. The first-order chi connectivity index (χ1) is 6.67. The van der Waals surface area contributed by atoms with E-state index in [0.29, 0.717) is 5.75 Å². The second kappa shape index (κ2) is 4.61. The Bertz CT molecular complexity index is 357. The summed E-state index contributed by atoms with van der Waals surface area (Å²) in [5, 5.41) is 8.51. The highest BCUT2D eigenvalue weighted by Gasteiger charge is 2.05. The minimum Gasteiger partial charge on any atom is -0.491 e. The smallest absolute Gasteiger partial charge is 0.144 e. The second-order valence-corrected chi connectivity index (χ2v) is 3.09. The van der Waals surface area contributed by atoms with Gasteiger partial charge in [0.15, 0.2) is 0 Å². The van der Waals surface area contributed by atoms with Crippen LogP contribution in [0.5, 0.6) is 5.75 Å². The van der Waals surface area contributed by atoms with E-state index in [2.05, 4.69) is 0 Å². The molecule has 1 unspecified atom stereocenters. The third-order valence-electron chi connectivity index (χ3n) is 1.97. The summed E-state index contributed by atoms with van der Waals surface area (Å²) in [6.45, 7) is 3.90. The maximum absolute atomic E-state index is 13.1. The summed E-state index contributed by atoms with van der Waals surface area (Å²) in [7, 11) is 0. The maximum Gasteiger partial charge on any atom is 0.144 e. The zero-order valence-corrected chi connectivity index (χ0v) is 8.25. The molecule has 0 bridgehead atoms. The molecular weight excluding hydrogens is 181 g/mol. The summed E-state index contributed by atoms with van der Waals surface area (Å²) in [4.78, 5) is 0. The molecule has 74 valence electrons. The Hall–Kier alpha value is -1.56. The van der Waals surface area contributed by atoms with Gasteiger partial charge in [0.1, 0.15) is 17.6 Å². The molecule has 0 saturated carbocycles. The molecule has 1 aromatic carbocycles. The Morgan fingerprint density at radius 3 is 2.79 bits per heavy atom. The number of halogens is 1. The Morgan fingerprint density at radius 1 is 1.57 bits per heavy atom. The fourth-order valence-corrected chi connectivity index (χ4v) is 0.975. The molecule has 0 N–H and O–H groups in total. The summed E-state index contributed by atoms with van der Waals surface area (Å²) in [5.41, 5.74) is 0.0431. The monoisotopic (exact) mass is 193 g/mol. The molecule has 1 aromatic rings. The van der Waals surface area contributed by atoms with Gasteiger partial charge in [0, 0.05) is 6.07 Å². The molecule has 1 rings (SSSR count). The van der Waals surface area contributed by atoms with Crippen molar-refractivity contribution in [2.75, 3.05) is 0 Å². The fourth-order valence-electron chi connectivity index (χ4n) is 0.975. The molecule has 0 spiro atoms. The van der Waals surface area contributed by atoms with E-state index < -0.39 is 5.82 Å². The maximum atomic E-state index is 13.1. The lowest BCUT2D eigenvalue weighted by Crippen LogP contribution is -2.09. The predicted octanol–water partition coefficient (Wildman–Crippen LogP) is 2.87. The first kappa shape index (κ1) is 10.5. The van der Waals surface area contributed by atoms with Crippen molar-refractivity contribution in [2.24, 2.45) is 0 Å². The van der Waals surface area contributed by atoms with Crippen LogP contribution in [0, 0.1) is 17.1 Å². The normalized spacial score (nSPS) is 11.9. The van der Waals surface area contributed by atoms with E-state index in [1.54, 1.807) is 12.1 Å². The summed E-state index contributed by atoms with van der Waals surface area (Å²) in [6.07, 6.45) is 0.920. The molecule has 0 heterocycles. The van der Waals surface area contributed by atoms with Crippen molar-refractivity contribution in [1.29, 1.82) is 5.26 Å². The molecule has 14 heavy (non-hydrogen) atoms. The molecule has 3 heteroatoms. The van der Waals surface area contributed by atoms with Gasteiger partial charge in [-0.25, -0.2) is 4.39 Å². The van der Waals surface area contributed by atoms with Crippen LogP contribution in [0.2, 0.25) is 0 Å². The highest BCUT2D eigenvalue weighted by atomic mass is 19.1. The van der Waals surface area contributed by atoms with E-state index in [4.69, 9.17) is 10.00 Å². The standard InChI is InChI=1S/C11H12FNO/c1-3-8(2)14-10-5-4-9(7-13)11(12)6-10/h4-6,8H,3H2,1-2H3. The molecular formula is C11H12FNO. The van der Waals surface area contributed by atoms with Crippen molar-refractivity contribution in [3.8, 4) is 11.8 Å². The zero-order chi connectivity index (χ0) is 10.6. The van der Waals surface area contributed by atoms with Crippen molar-refractivity contribution in [3.05, 3.63) is 29.6 Å². The van der Waals surface area contributed by atoms with Crippen molar-refractivity contribution >= 4 is 0 Å². The van der Waals surface area contributed by atoms with Crippen molar-refractivity contribution < 1.29 is 9.13 Å². The lowest BCUT2D eigenvalue weighted by molar-refractivity contribution is 0.216. The van der Waals surface area contributed by atoms with Gasteiger partial charge in [0.05, 0.1) is 11.7 Å². The van der Waals surface area contributed by atoms with Crippen LogP contribution in [-0.2, 0) is 0 Å². The van der Waals surface area contributed by atoms with Crippen LogP contribution >= 0.6 is 0 Å². The molecule has 0 aliphatic heterocycles. The van der Waals surface area contributed by atoms with E-state index >= 15 is 0 Å². The van der Waals surface area contributed by atoms with Crippen LogP contribution in [0.4, 0.5) is 4.39 Å². The predicted molar refractivity (Wildman–Crippen MR) is 51.5 cm³/mol. The Morgan fingerprint density at radius 2 is 2.29 bits per heavy atom. The molecule has 0 aromatic heterocycles. The van der Waals surface area contributed by atoms with Gasteiger partial charge in [0.25, 0.3) is 0 Å². The van der Waals surface area contributed by atoms with Crippen LogP contribution in [-0.4, -0.2) is 6.10 Å².